The van der Waals surface area contributed by atoms with E-state index in [1.54, 1.807) is 25.1 Å². The summed E-state index contributed by atoms with van der Waals surface area (Å²) >= 11 is 0. The van der Waals surface area contributed by atoms with Crippen molar-refractivity contribution >= 4 is 5.91 Å². The topological polar surface area (TPSA) is 68.3 Å². The van der Waals surface area contributed by atoms with Crippen molar-refractivity contribution in [2.24, 2.45) is 5.73 Å². The number of nitrogens with two attached hydrogens (primary N) is 1. The maximum absolute atomic E-state index is 13.7. The van der Waals surface area contributed by atoms with Gasteiger partial charge in [-0.05, 0) is 31.2 Å². The Labute approximate surface area is 122 Å². The number of hydrogen-bond acceptors (Lipinski definition) is 3. The molecule has 2 aromatic rings. The first-order chi connectivity index (χ1) is 10.1. The van der Waals surface area contributed by atoms with Gasteiger partial charge in [-0.25, -0.2) is 4.39 Å². The van der Waals surface area contributed by atoms with Crippen molar-refractivity contribution in [3.63, 3.8) is 0 Å². The number of furan rings is 1. The van der Waals surface area contributed by atoms with Crippen LogP contribution in [0.25, 0.3) is 0 Å². The van der Waals surface area contributed by atoms with Crippen molar-refractivity contribution in [3.05, 3.63) is 58.8 Å². The lowest BCUT2D eigenvalue weighted by Crippen LogP contribution is -2.23. The number of carbonyl (C=O) groups excluding carboxylic acids is 1. The molecule has 0 radical (unpaired) electrons. The van der Waals surface area contributed by atoms with E-state index in [9.17, 15) is 9.18 Å². The first-order valence-electron chi connectivity index (χ1n) is 6.41. The van der Waals surface area contributed by atoms with Crippen LogP contribution in [0.4, 0.5) is 4.39 Å². The Hall–Kier alpha value is -2.58. The van der Waals surface area contributed by atoms with Gasteiger partial charge in [0, 0.05) is 23.2 Å². The molecule has 2 rings (SSSR count). The molecule has 0 unspecified atom stereocenters. The highest BCUT2D eigenvalue weighted by Gasteiger charge is 2.13. The standard InChI is InChI=1S/C16H15FN2O2/c1-11-6-8-21-15(11)16(20)19-10-13-9-12(3-2-7-18)4-5-14(13)17/h4-6,8-9H,7,10,18H2,1H3,(H,19,20). The Balaban J connectivity index is 2.09. The summed E-state index contributed by atoms with van der Waals surface area (Å²) in [6, 6.07) is 6.17. The van der Waals surface area contributed by atoms with Crippen LogP contribution in [0, 0.1) is 24.6 Å². The average Bonchev–Trinajstić information content (AvgIpc) is 2.91. The van der Waals surface area contributed by atoms with E-state index in [1.165, 1.54) is 12.3 Å². The quantitative estimate of drug-likeness (QED) is 0.848. The Morgan fingerprint density at radius 1 is 1.43 bits per heavy atom. The molecule has 108 valence electrons. The zero-order chi connectivity index (χ0) is 15.2. The number of carbonyl (C=O) groups is 1. The Morgan fingerprint density at radius 3 is 2.90 bits per heavy atom. The van der Waals surface area contributed by atoms with Gasteiger partial charge in [0.05, 0.1) is 12.8 Å². The number of amides is 1. The predicted molar refractivity (Wildman–Crippen MR) is 76.9 cm³/mol. The highest BCUT2D eigenvalue weighted by Crippen LogP contribution is 2.12. The highest BCUT2D eigenvalue weighted by atomic mass is 19.1. The van der Waals surface area contributed by atoms with Crippen molar-refractivity contribution in [2.45, 2.75) is 13.5 Å². The third-order valence-corrected chi connectivity index (χ3v) is 2.89. The van der Waals surface area contributed by atoms with E-state index >= 15 is 0 Å². The second-order valence-corrected chi connectivity index (χ2v) is 4.43. The number of benzene rings is 1. The van der Waals surface area contributed by atoms with Crippen LogP contribution < -0.4 is 11.1 Å². The van der Waals surface area contributed by atoms with Crippen LogP contribution in [0.1, 0.15) is 27.2 Å². The molecule has 1 amide bonds. The van der Waals surface area contributed by atoms with Gasteiger partial charge in [-0.3, -0.25) is 4.79 Å². The second-order valence-electron chi connectivity index (χ2n) is 4.43. The molecule has 0 saturated carbocycles. The van der Waals surface area contributed by atoms with Crippen LogP contribution in [0.2, 0.25) is 0 Å². The third kappa shape index (κ3) is 3.71. The summed E-state index contributed by atoms with van der Waals surface area (Å²) in [6.07, 6.45) is 1.44. The number of aryl methyl sites for hydroxylation is 1. The van der Waals surface area contributed by atoms with Gasteiger partial charge < -0.3 is 15.5 Å². The van der Waals surface area contributed by atoms with Crippen LogP contribution in [0.5, 0.6) is 0 Å². The predicted octanol–water partition coefficient (Wildman–Crippen LogP) is 1.97. The van der Waals surface area contributed by atoms with Crippen molar-refractivity contribution in [3.8, 4) is 11.8 Å². The van der Waals surface area contributed by atoms with E-state index in [1.807, 2.05) is 0 Å². The molecule has 0 spiro atoms. The van der Waals surface area contributed by atoms with Crippen molar-refractivity contribution in [1.29, 1.82) is 0 Å². The zero-order valence-electron chi connectivity index (χ0n) is 11.6. The highest BCUT2D eigenvalue weighted by molar-refractivity contribution is 5.92. The van der Waals surface area contributed by atoms with E-state index in [4.69, 9.17) is 10.2 Å². The van der Waals surface area contributed by atoms with Crippen LogP contribution in [0.3, 0.4) is 0 Å². The molecule has 0 aliphatic carbocycles. The fourth-order valence-electron chi connectivity index (χ4n) is 1.80. The molecule has 1 aromatic heterocycles. The molecular weight excluding hydrogens is 271 g/mol. The van der Waals surface area contributed by atoms with E-state index in [0.717, 1.165) is 5.56 Å². The van der Waals surface area contributed by atoms with Gasteiger partial charge in [0.2, 0.25) is 0 Å². The van der Waals surface area contributed by atoms with E-state index < -0.39 is 5.82 Å². The molecule has 4 nitrogen and oxygen atoms in total. The first kappa shape index (κ1) is 14.8. The molecular formula is C16H15FN2O2. The summed E-state index contributed by atoms with van der Waals surface area (Å²) < 4.78 is 18.8. The Bertz CT molecular complexity index is 711. The molecule has 1 heterocycles. The lowest BCUT2D eigenvalue weighted by Gasteiger charge is -2.06. The number of nitrogens with one attached hydrogen (secondary N) is 1. The molecule has 0 saturated heterocycles. The van der Waals surface area contributed by atoms with E-state index in [0.29, 0.717) is 11.1 Å². The number of hydrogen-bond donors (Lipinski definition) is 2. The fourth-order valence-corrected chi connectivity index (χ4v) is 1.80. The summed E-state index contributed by atoms with van der Waals surface area (Å²) in [4.78, 5) is 11.9. The largest absolute Gasteiger partial charge is 0.459 e. The van der Waals surface area contributed by atoms with Crippen LogP contribution in [-0.4, -0.2) is 12.5 Å². The molecule has 0 bridgehead atoms. The fraction of sp³-hybridized carbons (Fsp3) is 0.188. The normalized spacial score (nSPS) is 9.86. The van der Waals surface area contributed by atoms with Crippen molar-refractivity contribution in [2.75, 3.05) is 6.54 Å². The smallest absolute Gasteiger partial charge is 0.287 e. The van der Waals surface area contributed by atoms with Gasteiger partial charge in [0.1, 0.15) is 5.82 Å². The van der Waals surface area contributed by atoms with Gasteiger partial charge in [0.25, 0.3) is 5.91 Å². The molecule has 0 fully saturated rings. The third-order valence-electron chi connectivity index (χ3n) is 2.89. The summed E-state index contributed by atoms with van der Waals surface area (Å²) in [6.45, 7) is 2.06. The summed E-state index contributed by atoms with van der Waals surface area (Å²) in [7, 11) is 0. The van der Waals surface area contributed by atoms with E-state index in [2.05, 4.69) is 17.2 Å². The monoisotopic (exact) mass is 286 g/mol. The van der Waals surface area contributed by atoms with Gasteiger partial charge in [-0.15, -0.1) is 0 Å². The minimum atomic E-state index is -0.398. The molecule has 3 N–H and O–H groups in total. The van der Waals surface area contributed by atoms with Gasteiger partial charge >= 0.3 is 0 Å². The maximum Gasteiger partial charge on any atom is 0.287 e. The van der Waals surface area contributed by atoms with Crippen molar-refractivity contribution in [1.82, 2.24) is 5.32 Å². The van der Waals surface area contributed by atoms with Crippen LogP contribution in [-0.2, 0) is 6.54 Å². The molecule has 0 aliphatic heterocycles. The molecule has 1 aromatic carbocycles. The number of rotatable bonds is 3. The van der Waals surface area contributed by atoms with Gasteiger partial charge in [-0.2, -0.15) is 0 Å². The lowest BCUT2D eigenvalue weighted by atomic mass is 10.1. The van der Waals surface area contributed by atoms with E-state index in [-0.39, 0.29) is 24.8 Å². The van der Waals surface area contributed by atoms with Gasteiger partial charge in [-0.1, -0.05) is 11.8 Å². The molecule has 0 atom stereocenters. The second kappa shape index (κ2) is 6.73. The molecule has 21 heavy (non-hydrogen) atoms. The number of halogens is 1. The summed E-state index contributed by atoms with van der Waals surface area (Å²) in [5.74, 6) is 4.98. The van der Waals surface area contributed by atoms with Crippen LogP contribution in [0.15, 0.2) is 34.9 Å². The van der Waals surface area contributed by atoms with Crippen molar-refractivity contribution < 1.29 is 13.6 Å². The lowest BCUT2D eigenvalue weighted by molar-refractivity contribution is 0.0922. The van der Waals surface area contributed by atoms with Gasteiger partial charge in [0.15, 0.2) is 5.76 Å². The first-order valence-corrected chi connectivity index (χ1v) is 6.41. The average molecular weight is 286 g/mol. The summed E-state index contributed by atoms with van der Waals surface area (Å²) in [5, 5.41) is 2.62. The zero-order valence-corrected chi connectivity index (χ0v) is 11.6. The van der Waals surface area contributed by atoms with Crippen LogP contribution >= 0.6 is 0 Å². The SMILES string of the molecule is Cc1ccoc1C(=O)NCc1cc(C#CCN)ccc1F. The Kier molecular flexibility index (Phi) is 4.75. The minimum Gasteiger partial charge on any atom is -0.459 e. The minimum absolute atomic E-state index is 0.0585. The Morgan fingerprint density at radius 2 is 2.24 bits per heavy atom. The molecule has 0 aliphatic rings. The summed E-state index contributed by atoms with van der Waals surface area (Å²) in [5.41, 5.74) is 7.04. The molecule has 5 heteroatoms. The maximum atomic E-state index is 13.7.